The molecule has 38 heavy (non-hydrogen) atoms. The number of pyridine rings is 1. The Morgan fingerprint density at radius 3 is 2.50 bits per heavy atom. The quantitative estimate of drug-likeness (QED) is 0.397. The van der Waals surface area contributed by atoms with Gasteiger partial charge in [0.25, 0.3) is 0 Å². The van der Waals surface area contributed by atoms with Crippen LogP contribution in [0.1, 0.15) is 48.3 Å². The maximum absolute atomic E-state index is 12.2. The molecule has 4 rings (SSSR count). The number of likely N-dealkylation sites (tertiary alicyclic amines) is 1. The molecule has 0 aliphatic carbocycles. The number of anilines is 2. The molecule has 1 saturated heterocycles. The van der Waals surface area contributed by atoms with Crippen molar-refractivity contribution < 1.29 is 27.9 Å². The molecular weight excluding hydrogens is 506 g/mol. The Hall–Kier alpha value is -3.92. The van der Waals surface area contributed by atoms with E-state index in [2.05, 4.69) is 10.3 Å². The number of carboxylic acid groups (broad SMARTS) is 1. The Bertz CT molecular complexity index is 1450. The van der Waals surface area contributed by atoms with E-state index in [4.69, 9.17) is 4.74 Å². The van der Waals surface area contributed by atoms with E-state index in [-0.39, 0.29) is 22.4 Å². The molecule has 1 amide bonds. The fourth-order valence-electron chi connectivity index (χ4n) is 4.70. The standard InChI is InChI=1S/C28H31N3O6S/c1-4-25-24(28(33)34)12-14-27(30-25)29-20-7-13-26(37-22-8-10-23(11-9-22)38(3,35)36)19(16-20)17-21-6-5-15-31(21)18(2)32/h7-14,16,21H,4-6,15,17H2,1-3H3,(H,29,30)(H,33,34). The number of ether oxygens (including phenoxy) is 1. The zero-order valence-electron chi connectivity index (χ0n) is 21.6. The number of benzene rings is 2. The van der Waals surface area contributed by atoms with Crippen molar-refractivity contribution in [2.75, 3.05) is 18.1 Å². The van der Waals surface area contributed by atoms with Crippen LogP contribution in [0.3, 0.4) is 0 Å². The number of carbonyl (C=O) groups excluding carboxylic acids is 1. The summed E-state index contributed by atoms with van der Waals surface area (Å²) in [4.78, 5) is 30.2. The molecule has 0 saturated carbocycles. The first-order valence-electron chi connectivity index (χ1n) is 12.4. The smallest absolute Gasteiger partial charge is 0.337 e. The van der Waals surface area contributed by atoms with E-state index in [0.29, 0.717) is 35.9 Å². The van der Waals surface area contributed by atoms with Crippen LogP contribution in [0.25, 0.3) is 0 Å². The number of carboxylic acids is 1. The summed E-state index contributed by atoms with van der Waals surface area (Å²) in [5.74, 6) is 0.638. The number of nitrogens with zero attached hydrogens (tertiary/aromatic N) is 2. The van der Waals surface area contributed by atoms with Gasteiger partial charge in [0.05, 0.1) is 16.2 Å². The lowest BCUT2D eigenvalue weighted by Crippen LogP contribution is -2.35. The van der Waals surface area contributed by atoms with Crippen molar-refractivity contribution in [3.8, 4) is 11.5 Å². The minimum atomic E-state index is -3.32. The minimum Gasteiger partial charge on any atom is -0.478 e. The molecule has 2 N–H and O–H groups in total. The van der Waals surface area contributed by atoms with E-state index in [1.54, 1.807) is 25.1 Å². The van der Waals surface area contributed by atoms with Gasteiger partial charge in [-0.3, -0.25) is 4.79 Å². The topological polar surface area (TPSA) is 126 Å². The van der Waals surface area contributed by atoms with Gasteiger partial charge in [-0.1, -0.05) is 6.92 Å². The first-order valence-corrected chi connectivity index (χ1v) is 14.3. The summed E-state index contributed by atoms with van der Waals surface area (Å²) in [7, 11) is -3.32. The van der Waals surface area contributed by atoms with E-state index < -0.39 is 15.8 Å². The van der Waals surface area contributed by atoms with Crippen LogP contribution in [-0.2, 0) is 27.5 Å². The Labute approximate surface area is 222 Å². The number of aromatic carboxylic acids is 1. The molecule has 2 aromatic carbocycles. The Kier molecular flexibility index (Phi) is 8.01. The van der Waals surface area contributed by atoms with Crippen molar-refractivity contribution in [3.63, 3.8) is 0 Å². The zero-order chi connectivity index (χ0) is 27.4. The second-order valence-electron chi connectivity index (χ2n) is 9.36. The van der Waals surface area contributed by atoms with Crippen LogP contribution in [-0.4, -0.2) is 54.1 Å². The fraction of sp³-hybridized carbons (Fsp3) is 0.321. The summed E-state index contributed by atoms with van der Waals surface area (Å²) >= 11 is 0. The molecule has 1 fully saturated rings. The van der Waals surface area contributed by atoms with Crippen molar-refractivity contribution in [1.29, 1.82) is 0 Å². The van der Waals surface area contributed by atoms with E-state index in [1.807, 2.05) is 30.0 Å². The molecule has 1 aromatic heterocycles. The molecule has 1 unspecified atom stereocenters. The molecule has 0 spiro atoms. The highest BCUT2D eigenvalue weighted by molar-refractivity contribution is 7.90. The molecule has 0 bridgehead atoms. The molecule has 1 atom stereocenters. The lowest BCUT2D eigenvalue weighted by molar-refractivity contribution is -0.129. The number of hydrogen-bond donors (Lipinski definition) is 2. The van der Waals surface area contributed by atoms with Gasteiger partial charge in [0.2, 0.25) is 5.91 Å². The molecule has 1 aliphatic heterocycles. The highest BCUT2D eigenvalue weighted by atomic mass is 32.2. The van der Waals surface area contributed by atoms with Crippen molar-refractivity contribution in [3.05, 3.63) is 71.4 Å². The number of hydrogen-bond acceptors (Lipinski definition) is 7. The number of amides is 1. The van der Waals surface area contributed by atoms with Crippen LogP contribution < -0.4 is 10.1 Å². The van der Waals surface area contributed by atoms with Gasteiger partial charge in [-0.2, -0.15) is 0 Å². The molecule has 0 radical (unpaired) electrons. The van der Waals surface area contributed by atoms with Gasteiger partial charge < -0.3 is 20.1 Å². The van der Waals surface area contributed by atoms with Gasteiger partial charge in [-0.15, -0.1) is 0 Å². The second kappa shape index (κ2) is 11.2. The lowest BCUT2D eigenvalue weighted by atomic mass is 10.0. The summed E-state index contributed by atoms with van der Waals surface area (Å²) in [5.41, 5.74) is 2.28. The molecule has 1 aliphatic rings. The van der Waals surface area contributed by atoms with Crippen molar-refractivity contribution >= 4 is 33.2 Å². The third-order valence-corrected chi connectivity index (χ3v) is 7.72. The van der Waals surface area contributed by atoms with Crippen LogP contribution in [0, 0.1) is 0 Å². The van der Waals surface area contributed by atoms with Gasteiger partial charge in [0, 0.05) is 31.5 Å². The number of nitrogens with one attached hydrogen (secondary N) is 1. The Balaban J connectivity index is 1.64. The predicted octanol–water partition coefficient (Wildman–Crippen LogP) is 4.84. The van der Waals surface area contributed by atoms with Gasteiger partial charge in [-0.05, 0) is 85.8 Å². The van der Waals surface area contributed by atoms with Crippen LogP contribution in [0.5, 0.6) is 11.5 Å². The molecule has 3 aromatic rings. The normalized spacial score (nSPS) is 15.3. The Morgan fingerprint density at radius 1 is 1.13 bits per heavy atom. The number of rotatable bonds is 9. The van der Waals surface area contributed by atoms with Crippen molar-refractivity contribution in [2.24, 2.45) is 0 Å². The van der Waals surface area contributed by atoms with Crippen LogP contribution in [0.15, 0.2) is 59.5 Å². The summed E-state index contributed by atoms with van der Waals surface area (Å²) in [6, 6.07) is 15.0. The summed E-state index contributed by atoms with van der Waals surface area (Å²) in [6.07, 6.45) is 4.04. The van der Waals surface area contributed by atoms with Crippen molar-refractivity contribution in [2.45, 2.75) is 50.5 Å². The van der Waals surface area contributed by atoms with Gasteiger partial charge in [0.15, 0.2) is 9.84 Å². The third kappa shape index (κ3) is 6.31. The summed E-state index contributed by atoms with van der Waals surface area (Å²) < 4.78 is 29.8. The summed E-state index contributed by atoms with van der Waals surface area (Å²) in [6.45, 7) is 4.16. The van der Waals surface area contributed by atoms with E-state index in [1.165, 1.54) is 18.2 Å². The van der Waals surface area contributed by atoms with Gasteiger partial charge >= 0.3 is 5.97 Å². The maximum atomic E-state index is 12.2. The average Bonchev–Trinajstić information content (AvgIpc) is 3.33. The van der Waals surface area contributed by atoms with Crippen LogP contribution in [0.2, 0.25) is 0 Å². The highest BCUT2D eigenvalue weighted by Gasteiger charge is 2.27. The third-order valence-electron chi connectivity index (χ3n) is 6.59. The van der Waals surface area contributed by atoms with Crippen LogP contribution >= 0.6 is 0 Å². The minimum absolute atomic E-state index is 0.0374. The predicted molar refractivity (Wildman–Crippen MR) is 144 cm³/mol. The van der Waals surface area contributed by atoms with Crippen molar-refractivity contribution in [1.82, 2.24) is 9.88 Å². The monoisotopic (exact) mass is 537 g/mol. The second-order valence-corrected chi connectivity index (χ2v) is 11.4. The average molecular weight is 538 g/mol. The number of sulfone groups is 1. The largest absolute Gasteiger partial charge is 0.478 e. The fourth-order valence-corrected chi connectivity index (χ4v) is 5.33. The molecular formula is C28H31N3O6S. The molecule has 200 valence electrons. The number of aryl methyl sites for hydroxylation is 1. The van der Waals surface area contributed by atoms with E-state index >= 15 is 0 Å². The van der Waals surface area contributed by atoms with E-state index in [9.17, 15) is 23.1 Å². The van der Waals surface area contributed by atoms with Crippen LogP contribution in [0.4, 0.5) is 11.5 Å². The molecule has 9 nitrogen and oxygen atoms in total. The highest BCUT2D eigenvalue weighted by Crippen LogP contribution is 2.33. The SMILES string of the molecule is CCc1nc(Nc2ccc(Oc3ccc(S(C)(=O)=O)cc3)c(CC3CCCN3C(C)=O)c2)ccc1C(=O)O. The maximum Gasteiger partial charge on any atom is 0.337 e. The van der Waals surface area contributed by atoms with E-state index in [0.717, 1.165) is 36.9 Å². The zero-order valence-corrected chi connectivity index (χ0v) is 22.4. The lowest BCUT2D eigenvalue weighted by Gasteiger charge is -2.24. The first kappa shape index (κ1) is 27.1. The molecule has 10 heteroatoms. The molecule has 2 heterocycles. The summed E-state index contributed by atoms with van der Waals surface area (Å²) in [5, 5.41) is 12.6. The van der Waals surface area contributed by atoms with Gasteiger partial charge in [-0.25, -0.2) is 18.2 Å². The number of aromatic nitrogens is 1. The number of carbonyl (C=O) groups is 2. The van der Waals surface area contributed by atoms with Gasteiger partial charge in [0.1, 0.15) is 17.3 Å². The first-order chi connectivity index (χ1) is 18.0. The Morgan fingerprint density at radius 2 is 1.87 bits per heavy atom.